The average Bonchev–Trinajstić information content (AvgIpc) is 2.25. The molecule has 0 bridgehead atoms. The summed E-state index contributed by atoms with van der Waals surface area (Å²) in [7, 11) is 4.21. The molecule has 19 heavy (non-hydrogen) atoms. The highest BCUT2D eigenvalue weighted by Gasteiger charge is 2.39. The second-order valence-corrected chi connectivity index (χ2v) is 6.68. The highest BCUT2D eigenvalue weighted by molar-refractivity contribution is 5.76. The van der Waals surface area contributed by atoms with Crippen LogP contribution < -0.4 is 11.1 Å². The second kappa shape index (κ2) is 7.25. The lowest BCUT2D eigenvalue weighted by Gasteiger charge is -2.47. The predicted molar refractivity (Wildman–Crippen MR) is 79.9 cm³/mol. The van der Waals surface area contributed by atoms with Crippen molar-refractivity contribution in [2.75, 3.05) is 27.2 Å². The number of nitrogens with zero attached hydrogens (tertiary/aromatic N) is 1. The van der Waals surface area contributed by atoms with E-state index in [1.54, 1.807) is 0 Å². The Hall–Kier alpha value is -0.610. The number of nitrogens with one attached hydrogen (secondary N) is 1. The van der Waals surface area contributed by atoms with Crippen LogP contribution in [-0.2, 0) is 4.79 Å². The maximum atomic E-state index is 12.0. The molecule has 4 nitrogen and oxygen atoms in total. The maximum absolute atomic E-state index is 12.0. The van der Waals surface area contributed by atoms with Gasteiger partial charge in [-0.1, -0.05) is 13.8 Å². The Morgan fingerprint density at radius 1 is 1.37 bits per heavy atom. The summed E-state index contributed by atoms with van der Waals surface area (Å²) in [6.07, 6.45) is 5.24. The Morgan fingerprint density at radius 2 is 2.00 bits per heavy atom. The number of amides is 1. The van der Waals surface area contributed by atoms with Gasteiger partial charge in [0.2, 0.25) is 5.91 Å². The number of carbonyl (C=O) groups is 1. The Balaban J connectivity index is 2.34. The van der Waals surface area contributed by atoms with E-state index in [9.17, 15) is 4.79 Å². The second-order valence-electron chi connectivity index (χ2n) is 6.68. The summed E-state index contributed by atoms with van der Waals surface area (Å²) in [5.74, 6) is 1.07. The third-order valence-electron chi connectivity index (χ3n) is 4.46. The molecule has 0 heterocycles. The van der Waals surface area contributed by atoms with Crippen molar-refractivity contribution in [3.63, 3.8) is 0 Å². The molecule has 4 heteroatoms. The molecule has 1 aliphatic rings. The Labute approximate surface area is 118 Å². The number of hydrogen-bond donors (Lipinski definition) is 2. The van der Waals surface area contributed by atoms with Crippen molar-refractivity contribution in [3.05, 3.63) is 0 Å². The molecule has 0 unspecified atom stereocenters. The molecule has 1 fully saturated rings. The lowest BCUT2D eigenvalue weighted by molar-refractivity contribution is -0.123. The van der Waals surface area contributed by atoms with E-state index in [1.807, 2.05) is 0 Å². The van der Waals surface area contributed by atoms with Crippen LogP contribution >= 0.6 is 0 Å². The normalized spacial score (nSPS) is 19.3. The van der Waals surface area contributed by atoms with Crippen LogP contribution in [-0.4, -0.2) is 43.5 Å². The number of carbonyl (C=O) groups excluding carboxylic acids is 1. The molecule has 1 atom stereocenters. The van der Waals surface area contributed by atoms with Crippen molar-refractivity contribution in [3.8, 4) is 0 Å². The molecule has 3 N–H and O–H groups in total. The molecule has 0 aromatic carbocycles. The summed E-state index contributed by atoms with van der Waals surface area (Å²) in [5, 5.41) is 3.11. The van der Waals surface area contributed by atoms with Gasteiger partial charge in [0.05, 0.1) is 0 Å². The lowest BCUT2D eigenvalue weighted by Crippen LogP contribution is -2.57. The van der Waals surface area contributed by atoms with Gasteiger partial charge in [0.25, 0.3) is 0 Å². The van der Waals surface area contributed by atoms with E-state index in [4.69, 9.17) is 5.73 Å². The van der Waals surface area contributed by atoms with E-state index in [0.717, 1.165) is 13.0 Å². The van der Waals surface area contributed by atoms with Crippen LogP contribution in [0.4, 0.5) is 0 Å². The molecular weight excluding hydrogens is 238 g/mol. The van der Waals surface area contributed by atoms with Gasteiger partial charge in [-0.2, -0.15) is 0 Å². The topological polar surface area (TPSA) is 58.4 Å². The molecule has 0 spiro atoms. The van der Waals surface area contributed by atoms with E-state index in [1.165, 1.54) is 19.3 Å². The third kappa shape index (κ3) is 4.77. The molecule has 0 aliphatic heterocycles. The van der Waals surface area contributed by atoms with E-state index in [2.05, 4.69) is 38.2 Å². The highest BCUT2D eigenvalue weighted by atomic mass is 16.1. The van der Waals surface area contributed by atoms with E-state index >= 15 is 0 Å². The van der Waals surface area contributed by atoms with Crippen LogP contribution in [0.2, 0.25) is 0 Å². The number of rotatable bonds is 8. The zero-order valence-corrected chi connectivity index (χ0v) is 13.0. The van der Waals surface area contributed by atoms with Gasteiger partial charge in [-0.3, -0.25) is 4.79 Å². The first-order chi connectivity index (χ1) is 8.89. The smallest absolute Gasteiger partial charge is 0.220 e. The van der Waals surface area contributed by atoms with Crippen molar-refractivity contribution in [2.24, 2.45) is 17.6 Å². The van der Waals surface area contributed by atoms with Gasteiger partial charge < -0.3 is 16.0 Å². The first-order valence-electron chi connectivity index (χ1n) is 7.54. The fourth-order valence-corrected chi connectivity index (χ4v) is 2.89. The molecule has 1 rings (SSSR count). The van der Waals surface area contributed by atoms with Crippen LogP contribution in [0.15, 0.2) is 0 Å². The first-order valence-corrected chi connectivity index (χ1v) is 7.54. The van der Waals surface area contributed by atoms with E-state index in [-0.39, 0.29) is 11.4 Å². The zero-order chi connectivity index (χ0) is 14.5. The quantitative estimate of drug-likeness (QED) is 0.703. The fourth-order valence-electron chi connectivity index (χ4n) is 2.89. The SMILES string of the molecule is CC(C)C[C@H](CN)CC(=O)NCC1(N(C)C)CCC1. The Morgan fingerprint density at radius 3 is 2.37 bits per heavy atom. The van der Waals surface area contributed by atoms with E-state index in [0.29, 0.717) is 24.8 Å². The summed E-state index contributed by atoms with van der Waals surface area (Å²) >= 11 is 0. The van der Waals surface area contributed by atoms with Gasteiger partial charge in [-0.15, -0.1) is 0 Å². The van der Waals surface area contributed by atoms with Gasteiger partial charge in [-0.05, 0) is 58.2 Å². The van der Waals surface area contributed by atoms with E-state index < -0.39 is 0 Å². The van der Waals surface area contributed by atoms with Crippen LogP contribution in [0.1, 0.15) is 46.0 Å². The average molecular weight is 269 g/mol. The van der Waals surface area contributed by atoms with Crippen LogP contribution in [0.25, 0.3) is 0 Å². The minimum absolute atomic E-state index is 0.157. The zero-order valence-electron chi connectivity index (χ0n) is 13.0. The van der Waals surface area contributed by atoms with Crippen molar-refractivity contribution < 1.29 is 4.79 Å². The number of hydrogen-bond acceptors (Lipinski definition) is 3. The predicted octanol–water partition coefficient (Wildman–Crippen LogP) is 1.60. The Bertz CT molecular complexity index is 285. The first kappa shape index (κ1) is 16.4. The summed E-state index contributed by atoms with van der Waals surface area (Å²) < 4.78 is 0. The minimum atomic E-state index is 0.157. The van der Waals surface area contributed by atoms with Crippen molar-refractivity contribution in [1.82, 2.24) is 10.2 Å². The van der Waals surface area contributed by atoms with Gasteiger partial charge in [-0.25, -0.2) is 0 Å². The van der Waals surface area contributed by atoms with Crippen molar-refractivity contribution in [1.29, 1.82) is 0 Å². The third-order valence-corrected chi connectivity index (χ3v) is 4.46. The molecule has 1 amide bonds. The van der Waals surface area contributed by atoms with Crippen molar-refractivity contribution in [2.45, 2.75) is 51.5 Å². The number of likely N-dealkylation sites (N-methyl/N-ethyl adjacent to an activating group) is 1. The Kier molecular flexibility index (Phi) is 6.27. The van der Waals surface area contributed by atoms with Crippen LogP contribution in [0, 0.1) is 11.8 Å². The fraction of sp³-hybridized carbons (Fsp3) is 0.933. The molecule has 1 aliphatic carbocycles. The summed E-state index contributed by atoms with van der Waals surface area (Å²) in [4.78, 5) is 14.3. The molecule has 0 radical (unpaired) electrons. The minimum Gasteiger partial charge on any atom is -0.354 e. The molecule has 1 saturated carbocycles. The van der Waals surface area contributed by atoms with Gasteiger partial charge >= 0.3 is 0 Å². The number of nitrogens with two attached hydrogens (primary N) is 1. The van der Waals surface area contributed by atoms with Gasteiger partial charge in [0.1, 0.15) is 0 Å². The van der Waals surface area contributed by atoms with Gasteiger partial charge in [0, 0.05) is 18.5 Å². The maximum Gasteiger partial charge on any atom is 0.220 e. The van der Waals surface area contributed by atoms with Crippen molar-refractivity contribution >= 4 is 5.91 Å². The summed E-state index contributed by atoms with van der Waals surface area (Å²) in [6, 6.07) is 0. The van der Waals surface area contributed by atoms with Crippen LogP contribution in [0.3, 0.4) is 0 Å². The highest BCUT2D eigenvalue weighted by Crippen LogP contribution is 2.35. The molecular formula is C15H31N3O. The molecule has 0 saturated heterocycles. The summed E-state index contributed by atoms with van der Waals surface area (Å²) in [6.45, 7) is 5.73. The van der Waals surface area contributed by atoms with Crippen LogP contribution in [0.5, 0.6) is 0 Å². The monoisotopic (exact) mass is 269 g/mol. The largest absolute Gasteiger partial charge is 0.354 e. The lowest BCUT2D eigenvalue weighted by atomic mass is 9.75. The standard InChI is InChI=1S/C15H31N3O/c1-12(2)8-13(10-16)9-14(19)17-11-15(18(3)4)6-5-7-15/h12-13H,5-11,16H2,1-4H3,(H,17,19)/t13-/m0/s1. The molecule has 0 aromatic heterocycles. The molecule has 112 valence electrons. The van der Waals surface area contributed by atoms with Gasteiger partial charge in [0.15, 0.2) is 0 Å². The summed E-state index contributed by atoms with van der Waals surface area (Å²) in [5.41, 5.74) is 5.95. The molecule has 0 aromatic rings.